The molecule has 20 rings (SSSR count). The Labute approximate surface area is 844 Å². The van der Waals surface area contributed by atoms with Gasteiger partial charge in [-0.05, 0) is 339 Å². The number of benzene rings is 13. The number of sulfone groups is 9. The van der Waals surface area contributed by atoms with Gasteiger partial charge in [-0.3, -0.25) is 0 Å². The lowest BCUT2D eigenvalue weighted by Gasteiger charge is -2.55. The largest absolute Gasteiger partial charge is 0.229 e. The average molecular weight is 2090 g/mol. The van der Waals surface area contributed by atoms with Crippen LogP contribution in [0.2, 0.25) is 0 Å². The fourth-order valence-electron chi connectivity index (χ4n) is 20.1. The highest BCUT2D eigenvalue weighted by molar-refractivity contribution is 8.08. The van der Waals surface area contributed by atoms with Crippen LogP contribution in [0.15, 0.2) is 352 Å². The molecule has 0 amide bonds. The van der Waals surface area contributed by atoms with E-state index in [9.17, 15) is 75.8 Å². The lowest BCUT2D eigenvalue weighted by Crippen LogP contribution is -2.54. The summed E-state index contributed by atoms with van der Waals surface area (Å²) in [5.41, 5.74) is 18.0. The molecule has 0 aromatic heterocycles. The highest BCUT2D eigenvalue weighted by Gasteiger charge is 2.56. The van der Waals surface area contributed by atoms with E-state index in [4.69, 9.17) is 0 Å². The molecule has 13 aromatic carbocycles. The van der Waals surface area contributed by atoms with E-state index in [0.29, 0.717) is 39.2 Å². The van der Waals surface area contributed by atoms with Crippen LogP contribution in [0.25, 0.3) is 33.4 Å². The Bertz CT molecular complexity index is 7330. The summed E-state index contributed by atoms with van der Waals surface area (Å²) in [6, 6.07) is 88.5. The van der Waals surface area contributed by atoms with E-state index in [1.807, 2.05) is 210 Å². The molecule has 1 aliphatic heterocycles. The molecule has 4 bridgehead atoms. The lowest BCUT2D eigenvalue weighted by molar-refractivity contribution is 0.0342. The van der Waals surface area contributed by atoms with Crippen LogP contribution in [0.5, 0.6) is 0 Å². The first-order valence-electron chi connectivity index (χ1n) is 47.9. The highest BCUT2D eigenvalue weighted by Crippen LogP contribution is 2.58. The Hall–Kier alpha value is -10.6. The maximum Gasteiger partial charge on any atom is 0.206 e. The van der Waals surface area contributed by atoms with Crippen molar-refractivity contribution in [2.24, 2.45) is 17.8 Å². The molecular formula is C115H130O18S9. The van der Waals surface area contributed by atoms with E-state index in [2.05, 4.69) is 0 Å². The molecule has 13 aromatic rings. The first-order valence-corrected chi connectivity index (χ1v) is 62.7. The van der Waals surface area contributed by atoms with Gasteiger partial charge in [0, 0.05) is 18.1 Å². The predicted octanol–water partition coefficient (Wildman–Crippen LogP) is 25.0. The van der Waals surface area contributed by atoms with Crippen LogP contribution >= 0.6 is 0 Å². The molecule has 0 atom stereocenters. The first-order chi connectivity index (χ1) is 66.9. The van der Waals surface area contributed by atoms with Gasteiger partial charge in [0.05, 0.1) is 70.0 Å². The zero-order valence-electron chi connectivity index (χ0n) is 83.0. The van der Waals surface area contributed by atoms with E-state index in [1.165, 1.54) is 68.9 Å². The normalized spacial score (nSPS) is 17.6. The molecule has 27 heteroatoms. The minimum absolute atomic E-state index is 0.00866. The van der Waals surface area contributed by atoms with Gasteiger partial charge in [-0.2, -0.15) is 0 Å². The molecule has 18 nitrogen and oxygen atoms in total. The van der Waals surface area contributed by atoms with Crippen molar-refractivity contribution >= 4 is 88.5 Å². The van der Waals surface area contributed by atoms with Crippen LogP contribution in [0.3, 0.4) is 0 Å². The second-order valence-corrected chi connectivity index (χ2v) is 57.7. The lowest BCUT2D eigenvalue weighted by atomic mass is 9.56. The number of hydrogen-bond acceptors (Lipinski definition) is 18. The fraction of sp³-hybridized carbons (Fsp3) is 0.322. The minimum Gasteiger partial charge on any atom is -0.229 e. The Balaban J connectivity index is 0.000000146. The standard InChI is InChI=1S/C24H18O2S.C18H22O2S.C14H14O2S.C13H12O4S2.C13H10O2S.C12H22O2S.C11H18O2S.C10H14O2S/c25-27(26,23-15-11-21(12-16-23)19-7-3-1-4-8-19)24-17-13-22(14-18-24)20-9-5-2-6-10-20;1-11-7-17(8-12(2)15(11)5)21(19,20)18-9-13(3)16(6)14(4)10-18;1-11-3-7-13(8-4-11)17(15,16)14-9-5-12(2)6-10-14;14-18(15,12-7-3-1-4-8-12)11-19(16,17)13-9-5-2-6-10-13;14-16(15)9-10-5-1-2-6-11(10)12-7-3-4-8-13(12)16;13-15(14,11-7-3-1-4-8-11)12-9-5-2-6-10-12;1-14(12,13)11-5-8-2-9(6-11)4-10(3-8)7-11;1-7-5-8(2)10(9(3)6-7)13(4,11)12/h1-18H;7-10H,1-6H3;3-10H,1-2H3;1-10H,11H2;1-8H,9H2;11-12H,1-10H2;8-10H,2-7H2,1H3;5-6H,1-4H3. The van der Waals surface area contributed by atoms with Crippen molar-refractivity contribution < 1.29 is 75.8 Å². The fourth-order valence-corrected chi connectivity index (χ4v) is 35.1. The monoisotopic (exact) mass is 2090 g/mol. The van der Waals surface area contributed by atoms with Gasteiger partial charge in [-0.25, -0.2) is 75.8 Å². The second-order valence-electron chi connectivity index (χ2n) is 38.6. The van der Waals surface area contributed by atoms with Crippen LogP contribution in [0.4, 0.5) is 0 Å². The first kappa shape index (κ1) is 110. The van der Waals surface area contributed by atoms with E-state index in [0.717, 1.165) is 189 Å². The van der Waals surface area contributed by atoms with Gasteiger partial charge < -0.3 is 0 Å². The Morgan fingerprint density at radius 1 is 0.289 bits per heavy atom. The molecule has 0 saturated heterocycles. The van der Waals surface area contributed by atoms with Crippen molar-refractivity contribution in [3.63, 3.8) is 0 Å². The SMILES string of the molecule is CS(=O)(=O)C12CC3CC(CC(C3)C1)C2.Cc1cc(C)c(S(C)(=O)=O)c(C)c1.Cc1cc(S(=O)(=O)c2cc(C)c(C)c(C)c2)cc(C)c1C.Cc1ccc(S(=O)(=O)c2ccc(C)cc2)cc1.O=S(=O)(C1CCCCC1)C1CCCCC1.O=S(=O)(CS(=O)(=O)c1ccccc1)c1ccccc1.O=S(=O)(c1ccc(-c2ccccc2)cc1)c1ccc(-c2ccccc2)cc1.O=S1(=O)Cc2ccccc2-c2ccccc21. The number of fused-ring (bicyclic) bond motifs is 3. The predicted molar refractivity (Wildman–Crippen MR) is 571 cm³/mol. The molecule has 6 aliphatic carbocycles. The highest BCUT2D eigenvalue weighted by atomic mass is 32.3. The number of hydrogen-bond donors (Lipinski definition) is 0. The van der Waals surface area contributed by atoms with Gasteiger partial charge in [0.2, 0.25) is 29.5 Å². The van der Waals surface area contributed by atoms with Gasteiger partial charge in [0.25, 0.3) is 0 Å². The van der Waals surface area contributed by atoms with E-state index in [-0.39, 0.29) is 30.8 Å². The zero-order chi connectivity index (χ0) is 103. The van der Waals surface area contributed by atoms with Gasteiger partial charge in [-0.15, -0.1) is 0 Å². The topological polar surface area (TPSA) is 307 Å². The Morgan fingerprint density at radius 3 is 0.923 bits per heavy atom. The van der Waals surface area contributed by atoms with Gasteiger partial charge in [-0.1, -0.05) is 255 Å². The summed E-state index contributed by atoms with van der Waals surface area (Å²) in [7, 11) is -29.9. The zero-order valence-corrected chi connectivity index (χ0v) is 90.4. The van der Waals surface area contributed by atoms with Crippen LogP contribution in [-0.2, 0) is 94.3 Å². The molecule has 0 spiro atoms. The Morgan fingerprint density at radius 2 is 0.585 bits per heavy atom. The van der Waals surface area contributed by atoms with E-state index < -0.39 is 93.6 Å². The number of aryl methyl sites for hydroxylation is 9. The van der Waals surface area contributed by atoms with Crippen molar-refractivity contribution in [1.82, 2.24) is 0 Å². The summed E-state index contributed by atoms with van der Waals surface area (Å²) in [4.78, 5) is 2.98. The quantitative estimate of drug-likeness (QED) is 0.0867. The van der Waals surface area contributed by atoms with Crippen LogP contribution in [-0.4, -0.2) is 109 Å². The van der Waals surface area contributed by atoms with Crippen molar-refractivity contribution in [1.29, 1.82) is 0 Å². The van der Waals surface area contributed by atoms with Crippen molar-refractivity contribution in [2.45, 2.75) is 249 Å². The maximum absolute atomic E-state index is 12.9. The van der Waals surface area contributed by atoms with E-state index in [1.54, 1.807) is 146 Å². The summed E-state index contributed by atoms with van der Waals surface area (Å²) in [5, 5.41) is -0.905. The molecule has 6 fully saturated rings. The summed E-state index contributed by atoms with van der Waals surface area (Å²) in [6.07, 6.45) is 20.2. The third-order valence-corrected chi connectivity index (χ3v) is 45.5. The average Bonchev–Trinajstić information content (AvgIpc) is 0.740. The summed E-state index contributed by atoms with van der Waals surface area (Å²) in [5.74, 6) is 2.31. The molecule has 752 valence electrons. The summed E-state index contributed by atoms with van der Waals surface area (Å²) < 4.78 is 219. The maximum atomic E-state index is 12.9. The van der Waals surface area contributed by atoms with Crippen LogP contribution < -0.4 is 0 Å². The molecular weight excluding hydrogens is 1960 g/mol. The van der Waals surface area contributed by atoms with Gasteiger partial charge in [0.15, 0.2) is 64.1 Å². The van der Waals surface area contributed by atoms with E-state index >= 15 is 0 Å². The van der Waals surface area contributed by atoms with Crippen LogP contribution in [0.1, 0.15) is 169 Å². The molecule has 0 N–H and O–H groups in total. The number of rotatable bonds is 16. The van der Waals surface area contributed by atoms with Crippen molar-refractivity contribution in [3.05, 3.63) is 370 Å². The van der Waals surface area contributed by atoms with Crippen LogP contribution in [0, 0.1) is 93.9 Å². The molecule has 6 saturated carbocycles. The van der Waals surface area contributed by atoms with Crippen molar-refractivity contribution in [3.8, 4) is 33.4 Å². The Kier molecular flexibility index (Phi) is 36.2. The van der Waals surface area contributed by atoms with Gasteiger partial charge in [0.1, 0.15) is 0 Å². The second kappa shape index (κ2) is 46.6. The minimum atomic E-state index is -3.85. The molecule has 0 radical (unpaired) electrons. The van der Waals surface area contributed by atoms with Crippen molar-refractivity contribution in [2.75, 3.05) is 17.6 Å². The molecule has 0 unspecified atom stereocenters. The summed E-state index contributed by atoms with van der Waals surface area (Å²) in [6.45, 7) is 21.3. The molecule has 142 heavy (non-hydrogen) atoms. The molecule has 7 aliphatic rings. The van der Waals surface area contributed by atoms with Gasteiger partial charge >= 0.3 is 0 Å². The smallest absolute Gasteiger partial charge is 0.206 e. The third kappa shape index (κ3) is 27.5. The third-order valence-electron chi connectivity index (χ3n) is 27.8. The molecule has 1 heterocycles. The summed E-state index contributed by atoms with van der Waals surface area (Å²) >= 11 is 0.